The summed E-state index contributed by atoms with van der Waals surface area (Å²) in [6.07, 6.45) is 2.44. The van der Waals surface area contributed by atoms with Crippen molar-refractivity contribution in [2.45, 2.75) is 10.8 Å². The van der Waals surface area contributed by atoms with Gasteiger partial charge in [0.1, 0.15) is 0 Å². The summed E-state index contributed by atoms with van der Waals surface area (Å²) in [6, 6.07) is 5.90. The Hall–Kier alpha value is -1.76. The molecule has 8 heteroatoms. The minimum absolute atomic E-state index is 0.0853. The lowest BCUT2D eigenvalue weighted by Crippen LogP contribution is -2.24. The van der Waals surface area contributed by atoms with Gasteiger partial charge < -0.3 is 4.90 Å². The summed E-state index contributed by atoms with van der Waals surface area (Å²) in [5, 5.41) is 3.57. The van der Waals surface area contributed by atoms with E-state index >= 15 is 0 Å². The molecule has 0 radical (unpaired) electrons. The molecule has 1 amide bonds. The third-order valence-electron chi connectivity index (χ3n) is 3.45. The van der Waals surface area contributed by atoms with Crippen LogP contribution >= 0.6 is 23.1 Å². The predicted octanol–water partition coefficient (Wildman–Crippen LogP) is 3.68. The Morgan fingerprint density at radius 1 is 1.62 bits per heavy atom. The molecule has 1 aliphatic rings. The lowest BCUT2D eigenvalue weighted by molar-refractivity contribution is -0.117. The molecule has 0 bridgehead atoms. The van der Waals surface area contributed by atoms with Crippen molar-refractivity contribution in [3.8, 4) is 0 Å². The summed E-state index contributed by atoms with van der Waals surface area (Å²) in [5.41, 5.74) is 10.2. The van der Waals surface area contributed by atoms with Crippen LogP contribution in [0.15, 0.2) is 27.7 Å². The summed E-state index contributed by atoms with van der Waals surface area (Å²) in [7, 11) is 0. The number of rotatable bonds is 4. The van der Waals surface area contributed by atoms with Crippen molar-refractivity contribution in [2.24, 2.45) is 11.0 Å². The minimum atomic E-state index is 0.0853. The second kappa shape index (κ2) is 5.93. The van der Waals surface area contributed by atoms with Gasteiger partial charge in [-0.1, -0.05) is 16.9 Å². The first-order chi connectivity index (χ1) is 10.2. The molecule has 0 spiro atoms. The maximum atomic E-state index is 12.1. The Kier molecular flexibility index (Phi) is 4.01. The van der Waals surface area contributed by atoms with Gasteiger partial charge in [-0.25, -0.2) is 4.98 Å². The van der Waals surface area contributed by atoms with E-state index < -0.39 is 0 Å². The molecule has 0 N–H and O–H groups in total. The standard InChI is InChI=1S/C13H13N5OS2/c1-20-13-16-10-3-2-9(5-11(10)21-13)18-7-8(4-12(18)19)6-15-17-14/h2-3,5,8H,4,6-7H2,1H3. The van der Waals surface area contributed by atoms with Gasteiger partial charge >= 0.3 is 0 Å². The van der Waals surface area contributed by atoms with Crippen LogP contribution in [0.2, 0.25) is 0 Å². The summed E-state index contributed by atoms with van der Waals surface area (Å²) in [5.74, 6) is 0.189. The number of anilines is 1. The van der Waals surface area contributed by atoms with Crippen LogP contribution in [0.1, 0.15) is 6.42 Å². The van der Waals surface area contributed by atoms with Gasteiger partial charge in [0.2, 0.25) is 5.91 Å². The number of aromatic nitrogens is 1. The number of azide groups is 1. The first-order valence-electron chi connectivity index (χ1n) is 6.47. The van der Waals surface area contributed by atoms with E-state index in [2.05, 4.69) is 15.0 Å². The highest BCUT2D eigenvalue weighted by Crippen LogP contribution is 2.33. The fraction of sp³-hybridized carbons (Fsp3) is 0.385. The van der Waals surface area contributed by atoms with Gasteiger partial charge in [0.05, 0.1) is 10.2 Å². The molecule has 1 saturated heterocycles. The van der Waals surface area contributed by atoms with Gasteiger partial charge in [0.15, 0.2) is 4.34 Å². The number of hydrogen-bond donors (Lipinski definition) is 0. The Morgan fingerprint density at radius 3 is 3.24 bits per heavy atom. The molecular weight excluding hydrogens is 306 g/mol. The molecule has 21 heavy (non-hydrogen) atoms. The second-order valence-electron chi connectivity index (χ2n) is 4.82. The first-order valence-corrected chi connectivity index (χ1v) is 8.51. The number of carbonyl (C=O) groups is 1. The maximum Gasteiger partial charge on any atom is 0.227 e. The number of thioether (sulfide) groups is 1. The first kappa shape index (κ1) is 14.2. The average Bonchev–Trinajstić information content (AvgIpc) is 3.07. The van der Waals surface area contributed by atoms with Crippen LogP contribution in [0.25, 0.3) is 20.7 Å². The van der Waals surface area contributed by atoms with Crippen LogP contribution in [0.5, 0.6) is 0 Å². The van der Waals surface area contributed by atoms with E-state index in [-0.39, 0.29) is 11.8 Å². The third-order valence-corrected chi connectivity index (χ3v) is 5.45. The Morgan fingerprint density at radius 2 is 2.48 bits per heavy atom. The number of hydrogen-bond acceptors (Lipinski definition) is 5. The summed E-state index contributed by atoms with van der Waals surface area (Å²) >= 11 is 3.26. The Bertz CT molecular complexity index is 737. The molecule has 3 rings (SSSR count). The molecule has 1 aromatic heterocycles. The quantitative estimate of drug-likeness (QED) is 0.373. The largest absolute Gasteiger partial charge is 0.312 e. The number of benzene rings is 1. The molecule has 6 nitrogen and oxygen atoms in total. The van der Waals surface area contributed by atoms with Gasteiger partial charge in [-0.15, -0.1) is 11.3 Å². The van der Waals surface area contributed by atoms with Gasteiger partial charge in [-0.3, -0.25) is 4.79 Å². The monoisotopic (exact) mass is 319 g/mol. The van der Waals surface area contributed by atoms with Crippen LogP contribution in [0.4, 0.5) is 5.69 Å². The molecule has 0 aliphatic carbocycles. The summed E-state index contributed by atoms with van der Waals surface area (Å²) in [4.78, 5) is 21.2. The van der Waals surface area contributed by atoms with Crippen molar-refractivity contribution in [3.63, 3.8) is 0 Å². The average molecular weight is 319 g/mol. The highest BCUT2D eigenvalue weighted by atomic mass is 32.2. The predicted molar refractivity (Wildman–Crippen MR) is 85.9 cm³/mol. The van der Waals surface area contributed by atoms with Crippen molar-refractivity contribution < 1.29 is 4.79 Å². The SMILES string of the molecule is CSc1nc2ccc(N3CC(CN=[N+]=[N-])CC3=O)cc2s1. The topological polar surface area (TPSA) is 82.0 Å². The van der Waals surface area contributed by atoms with Crippen LogP contribution in [0, 0.1) is 5.92 Å². The molecule has 1 unspecified atom stereocenters. The van der Waals surface area contributed by atoms with Crippen LogP contribution in [-0.4, -0.2) is 30.2 Å². The zero-order valence-corrected chi connectivity index (χ0v) is 13.0. The van der Waals surface area contributed by atoms with Gasteiger partial charge in [-0.2, -0.15) is 0 Å². The molecular formula is C13H13N5OS2. The van der Waals surface area contributed by atoms with E-state index in [1.807, 2.05) is 24.5 Å². The molecule has 1 fully saturated rings. The number of nitrogens with zero attached hydrogens (tertiary/aromatic N) is 5. The Labute approximate surface area is 129 Å². The minimum Gasteiger partial charge on any atom is -0.312 e. The van der Waals surface area contributed by atoms with Gasteiger partial charge in [0.25, 0.3) is 0 Å². The van der Waals surface area contributed by atoms with Crippen molar-refractivity contribution in [2.75, 3.05) is 24.2 Å². The van der Waals surface area contributed by atoms with Crippen molar-refractivity contribution in [1.29, 1.82) is 0 Å². The molecule has 0 saturated carbocycles. The zero-order chi connectivity index (χ0) is 14.8. The number of fused-ring (bicyclic) bond motifs is 1. The zero-order valence-electron chi connectivity index (χ0n) is 11.4. The number of amides is 1. The van der Waals surface area contributed by atoms with Crippen molar-refractivity contribution >= 4 is 44.9 Å². The van der Waals surface area contributed by atoms with E-state index in [4.69, 9.17) is 5.53 Å². The highest BCUT2D eigenvalue weighted by molar-refractivity contribution is 8.00. The molecule has 1 aliphatic heterocycles. The smallest absolute Gasteiger partial charge is 0.227 e. The van der Waals surface area contributed by atoms with Crippen LogP contribution in [0.3, 0.4) is 0 Å². The summed E-state index contributed by atoms with van der Waals surface area (Å²) in [6.45, 7) is 0.982. The van der Waals surface area contributed by atoms with Crippen molar-refractivity contribution in [1.82, 2.24) is 4.98 Å². The third kappa shape index (κ3) is 2.83. The van der Waals surface area contributed by atoms with Crippen LogP contribution in [-0.2, 0) is 4.79 Å². The molecule has 1 atom stereocenters. The molecule has 2 aromatic rings. The number of thiazole rings is 1. The number of carbonyl (C=O) groups excluding carboxylic acids is 1. The van der Waals surface area contributed by atoms with E-state index in [0.717, 1.165) is 20.2 Å². The second-order valence-corrected chi connectivity index (χ2v) is 6.91. The molecule has 1 aromatic carbocycles. The fourth-order valence-corrected chi connectivity index (χ4v) is 3.98. The van der Waals surface area contributed by atoms with Crippen LogP contribution < -0.4 is 4.90 Å². The lowest BCUT2D eigenvalue weighted by atomic mass is 10.1. The molecule has 108 valence electrons. The van der Waals surface area contributed by atoms with Gasteiger partial charge in [-0.05, 0) is 35.9 Å². The van der Waals surface area contributed by atoms with E-state index in [1.54, 1.807) is 28.0 Å². The van der Waals surface area contributed by atoms with E-state index in [0.29, 0.717) is 19.5 Å². The van der Waals surface area contributed by atoms with Gasteiger partial charge in [0, 0.05) is 30.1 Å². The normalized spacial score (nSPS) is 18.2. The van der Waals surface area contributed by atoms with E-state index in [1.165, 1.54) is 0 Å². The molecule has 2 heterocycles. The fourth-order valence-electron chi connectivity index (χ4n) is 2.45. The lowest BCUT2D eigenvalue weighted by Gasteiger charge is -2.16. The van der Waals surface area contributed by atoms with Crippen molar-refractivity contribution in [3.05, 3.63) is 28.6 Å². The summed E-state index contributed by atoms with van der Waals surface area (Å²) < 4.78 is 2.11. The maximum absolute atomic E-state index is 12.1. The van der Waals surface area contributed by atoms with E-state index in [9.17, 15) is 4.79 Å². The Balaban J connectivity index is 1.86. The highest BCUT2D eigenvalue weighted by Gasteiger charge is 2.30.